The number of hydrogen-bond acceptors (Lipinski definition) is 5. The van der Waals surface area contributed by atoms with E-state index in [2.05, 4.69) is 49.1 Å². The second kappa shape index (κ2) is 9.34. The molecule has 9 heteroatoms. The van der Waals surface area contributed by atoms with Gasteiger partial charge < -0.3 is 14.9 Å². The molecule has 0 aliphatic carbocycles. The third-order valence-corrected chi connectivity index (χ3v) is 9.85. The van der Waals surface area contributed by atoms with Gasteiger partial charge in [-0.3, -0.25) is 0 Å². The molecule has 5 aromatic rings. The Kier molecular flexibility index (Phi) is 5.79. The van der Waals surface area contributed by atoms with Crippen LogP contribution >= 0.6 is 0 Å². The van der Waals surface area contributed by atoms with Gasteiger partial charge in [0, 0.05) is 54.6 Å². The molecule has 0 amide bonds. The third kappa shape index (κ3) is 4.02. The predicted molar refractivity (Wildman–Crippen MR) is 149 cm³/mol. The second-order valence-corrected chi connectivity index (χ2v) is 12.3. The molecule has 2 fully saturated rings. The molecule has 3 aromatic heterocycles. The number of rotatable bonds is 5. The Morgan fingerprint density at radius 1 is 0.921 bits per heavy atom. The Balaban J connectivity index is 1.27. The lowest BCUT2D eigenvalue weighted by Crippen LogP contribution is -2.31. The molecule has 194 valence electrons. The Bertz CT molecular complexity index is 1740. The van der Waals surface area contributed by atoms with Crippen LogP contribution in [0.3, 0.4) is 0 Å². The molecular weight excluding hydrogens is 496 g/mol. The number of fused-ring (bicyclic) bond motifs is 2. The molecular formula is C29H30N6O2S. The molecule has 38 heavy (non-hydrogen) atoms. The summed E-state index contributed by atoms with van der Waals surface area (Å²) in [4.78, 5) is 13.0. The fourth-order valence-electron chi connectivity index (χ4n) is 5.87. The minimum atomic E-state index is -3.49. The summed E-state index contributed by atoms with van der Waals surface area (Å²) in [5, 5.41) is 4.50. The van der Waals surface area contributed by atoms with Crippen LogP contribution in [-0.2, 0) is 10.0 Å². The van der Waals surface area contributed by atoms with Crippen molar-refractivity contribution in [3.8, 4) is 22.3 Å². The van der Waals surface area contributed by atoms with Crippen molar-refractivity contribution in [2.45, 2.75) is 36.6 Å². The topological polar surface area (TPSA) is 95.9 Å². The first kappa shape index (κ1) is 23.6. The molecule has 7 rings (SSSR count). The minimum Gasteiger partial charge on any atom is -0.346 e. The summed E-state index contributed by atoms with van der Waals surface area (Å²) in [6.07, 6.45) is 9.92. The SMILES string of the molecule is O=S(=O)(c1cccc(-c2cnc3[nH]cc(-c4ccc5ncn(C6CCCNC6)c5c4)c3c2)c1)N1CCCC1. The highest BCUT2D eigenvalue weighted by atomic mass is 32.2. The van der Waals surface area contributed by atoms with E-state index in [1.54, 1.807) is 22.6 Å². The van der Waals surface area contributed by atoms with Gasteiger partial charge in [-0.1, -0.05) is 18.2 Å². The number of nitrogens with zero attached hydrogens (tertiary/aromatic N) is 4. The van der Waals surface area contributed by atoms with Crippen LogP contribution < -0.4 is 5.32 Å². The Hall–Kier alpha value is -3.53. The van der Waals surface area contributed by atoms with Crippen molar-refractivity contribution in [2.24, 2.45) is 0 Å². The van der Waals surface area contributed by atoms with Crippen molar-refractivity contribution in [1.82, 2.24) is 29.1 Å². The minimum absolute atomic E-state index is 0.335. The van der Waals surface area contributed by atoms with E-state index in [9.17, 15) is 8.42 Å². The largest absolute Gasteiger partial charge is 0.346 e. The first-order chi connectivity index (χ1) is 18.6. The van der Waals surface area contributed by atoms with E-state index < -0.39 is 10.0 Å². The monoisotopic (exact) mass is 526 g/mol. The summed E-state index contributed by atoms with van der Waals surface area (Å²) in [6.45, 7) is 3.22. The van der Waals surface area contributed by atoms with Crippen LogP contribution in [0.15, 0.2) is 72.1 Å². The van der Waals surface area contributed by atoms with Crippen LogP contribution in [-0.4, -0.2) is 58.4 Å². The normalized spacial score (nSPS) is 19.0. The van der Waals surface area contributed by atoms with Gasteiger partial charge in [0.15, 0.2) is 0 Å². The summed E-state index contributed by atoms with van der Waals surface area (Å²) in [5.74, 6) is 0. The molecule has 0 radical (unpaired) electrons. The molecule has 2 aliphatic heterocycles. The van der Waals surface area contributed by atoms with Gasteiger partial charge in [-0.05, 0) is 73.7 Å². The van der Waals surface area contributed by atoms with Crippen LogP contribution in [0.2, 0.25) is 0 Å². The molecule has 8 nitrogen and oxygen atoms in total. The maximum absolute atomic E-state index is 13.1. The number of aromatic amines is 1. The van der Waals surface area contributed by atoms with Crippen LogP contribution in [0.5, 0.6) is 0 Å². The first-order valence-corrected chi connectivity index (χ1v) is 14.8. The van der Waals surface area contributed by atoms with Gasteiger partial charge >= 0.3 is 0 Å². The smallest absolute Gasteiger partial charge is 0.243 e. The number of sulfonamides is 1. The van der Waals surface area contributed by atoms with E-state index in [1.165, 1.54) is 6.42 Å². The van der Waals surface area contributed by atoms with Crippen molar-refractivity contribution in [3.05, 3.63) is 67.3 Å². The number of H-pyrrole nitrogens is 1. The van der Waals surface area contributed by atoms with Crippen LogP contribution in [0.4, 0.5) is 0 Å². The summed E-state index contributed by atoms with van der Waals surface area (Å²) in [7, 11) is -3.49. The Morgan fingerprint density at radius 2 is 1.82 bits per heavy atom. The lowest BCUT2D eigenvalue weighted by Gasteiger charge is -2.24. The lowest BCUT2D eigenvalue weighted by molar-refractivity contribution is 0.378. The van der Waals surface area contributed by atoms with Crippen molar-refractivity contribution in [1.29, 1.82) is 0 Å². The van der Waals surface area contributed by atoms with Gasteiger partial charge in [0.05, 0.1) is 22.3 Å². The standard InChI is InChI=1S/C29H30N6O2S/c36-38(37,34-11-1-2-12-34)24-7-3-5-20(13-24)22-14-25-26(18-32-29(25)31-16-22)21-8-9-27-28(15-21)35(19-33-27)23-6-4-10-30-17-23/h3,5,7-9,13-16,18-19,23,30H,1-2,4,6,10-12,17H2,(H,31,32). The predicted octanol–water partition coefficient (Wildman–Crippen LogP) is 4.96. The number of hydrogen-bond donors (Lipinski definition) is 2. The molecule has 0 bridgehead atoms. The zero-order valence-electron chi connectivity index (χ0n) is 21.1. The van der Waals surface area contributed by atoms with Crippen LogP contribution in [0, 0.1) is 0 Å². The van der Waals surface area contributed by atoms with Crippen molar-refractivity contribution >= 4 is 32.1 Å². The summed E-state index contributed by atoms with van der Waals surface area (Å²) in [5.41, 5.74) is 6.81. The highest BCUT2D eigenvalue weighted by molar-refractivity contribution is 7.89. The van der Waals surface area contributed by atoms with E-state index in [4.69, 9.17) is 0 Å². The van der Waals surface area contributed by atoms with Gasteiger partial charge in [-0.15, -0.1) is 0 Å². The molecule has 5 heterocycles. The third-order valence-electron chi connectivity index (χ3n) is 7.95. The Labute approximate surface area is 221 Å². The fourth-order valence-corrected chi connectivity index (χ4v) is 7.43. The van der Waals surface area contributed by atoms with Gasteiger partial charge in [0.25, 0.3) is 0 Å². The summed E-state index contributed by atoms with van der Waals surface area (Å²) in [6, 6.07) is 16.1. The average Bonchev–Trinajstić information content (AvgIpc) is 3.73. The maximum atomic E-state index is 13.1. The quantitative estimate of drug-likeness (QED) is 0.338. The first-order valence-electron chi connectivity index (χ1n) is 13.3. The second-order valence-electron chi connectivity index (χ2n) is 10.3. The van der Waals surface area contributed by atoms with Crippen molar-refractivity contribution < 1.29 is 8.42 Å². The number of aromatic nitrogens is 4. The number of piperidine rings is 1. The average molecular weight is 527 g/mol. The van der Waals surface area contributed by atoms with Gasteiger partial charge in [-0.25, -0.2) is 18.4 Å². The lowest BCUT2D eigenvalue weighted by atomic mass is 10.0. The summed E-state index contributed by atoms with van der Waals surface area (Å²) < 4.78 is 30.2. The number of benzene rings is 2. The highest BCUT2D eigenvalue weighted by Gasteiger charge is 2.27. The number of pyridine rings is 1. The fraction of sp³-hybridized carbons (Fsp3) is 0.310. The molecule has 2 aliphatic rings. The van der Waals surface area contributed by atoms with Gasteiger partial charge in [-0.2, -0.15) is 4.31 Å². The Morgan fingerprint density at radius 3 is 2.66 bits per heavy atom. The molecule has 2 saturated heterocycles. The zero-order valence-corrected chi connectivity index (χ0v) is 21.9. The van der Waals surface area contributed by atoms with E-state index in [1.807, 2.05) is 24.7 Å². The maximum Gasteiger partial charge on any atom is 0.243 e. The van der Waals surface area contributed by atoms with Crippen LogP contribution in [0.25, 0.3) is 44.3 Å². The van der Waals surface area contributed by atoms with Crippen molar-refractivity contribution in [3.63, 3.8) is 0 Å². The molecule has 1 atom stereocenters. The number of nitrogens with one attached hydrogen (secondary N) is 2. The number of imidazole rings is 1. The molecule has 0 spiro atoms. The van der Waals surface area contributed by atoms with Crippen LogP contribution in [0.1, 0.15) is 31.7 Å². The zero-order chi connectivity index (χ0) is 25.7. The molecule has 2 aromatic carbocycles. The molecule has 0 saturated carbocycles. The van der Waals surface area contributed by atoms with E-state index in [0.29, 0.717) is 24.0 Å². The van der Waals surface area contributed by atoms with E-state index >= 15 is 0 Å². The van der Waals surface area contributed by atoms with E-state index in [0.717, 1.165) is 76.7 Å². The van der Waals surface area contributed by atoms with Gasteiger partial charge in [0.2, 0.25) is 10.0 Å². The molecule has 2 N–H and O–H groups in total. The molecule has 1 unspecified atom stereocenters. The highest BCUT2D eigenvalue weighted by Crippen LogP contribution is 2.34. The van der Waals surface area contributed by atoms with E-state index in [-0.39, 0.29) is 0 Å². The summed E-state index contributed by atoms with van der Waals surface area (Å²) >= 11 is 0. The van der Waals surface area contributed by atoms with Crippen molar-refractivity contribution in [2.75, 3.05) is 26.2 Å². The van der Waals surface area contributed by atoms with Gasteiger partial charge in [0.1, 0.15) is 5.65 Å².